The number of fused-ring (bicyclic) bond motifs is 1. The molecule has 1 amide bonds. The fourth-order valence-corrected chi connectivity index (χ4v) is 3.88. The highest BCUT2D eigenvalue weighted by Crippen LogP contribution is 2.58. The van der Waals surface area contributed by atoms with Crippen LogP contribution in [0.5, 0.6) is 5.75 Å². The van der Waals surface area contributed by atoms with Gasteiger partial charge in [0.15, 0.2) is 11.6 Å². The first-order valence-corrected chi connectivity index (χ1v) is 10.5. The minimum atomic E-state index is -4.67. The molecule has 12 heteroatoms. The van der Waals surface area contributed by atoms with E-state index in [-0.39, 0.29) is 29.9 Å². The van der Waals surface area contributed by atoms with Crippen molar-refractivity contribution in [1.82, 2.24) is 24.7 Å². The number of anilines is 1. The van der Waals surface area contributed by atoms with Crippen LogP contribution in [0.25, 0.3) is 33.5 Å². The molecule has 35 heavy (non-hydrogen) atoms. The Morgan fingerprint density at radius 3 is 2.49 bits per heavy atom. The fraction of sp³-hybridized carbons (Fsp3) is 0.261. The summed E-state index contributed by atoms with van der Waals surface area (Å²) in [6.45, 7) is 0. The van der Waals surface area contributed by atoms with Crippen LogP contribution in [0.15, 0.2) is 42.9 Å². The standard InChI is InChI=1S/C23H18F4N6O2/c1-33-10-14(17(32-33)12-3-5-13(24)6-4-12)18-19-15(28-11-29-18)9-16(35-2)20(30-19)31-21(34)22(7-8-22)23(25,26)27/h3-6,9-11H,7-8H2,1-2H3,(H,30,31,34). The molecule has 5 rings (SSSR count). The van der Waals surface area contributed by atoms with Gasteiger partial charge in [-0.05, 0) is 37.1 Å². The van der Waals surface area contributed by atoms with Gasteiger partial charge in [0.05, 0.1) is 12.6 Å². The van der Waals surface area contributed by atoms with Gasteiger partial charge in [0.1, 0.15) is 34.5 Å². The van der Waals surface area contributed by atoms with Gasteiger partial charge in [0, 0.05) is 30.4 Å². The summed E-state index contributed by atoms with van der Waals surface area (Å²) >= 11 is 0. The zero-order valence-corrected chi connectivity index (χ0v) is 18.5. The van der Waals surface area contributed by atoms with Crippen molar-refractivity contribution in [1.29, 1.82) is 0 Å². The minimum absolute atomic E-state index is 0.0541. The molecule has 1 N–H and O–H groups in total. The van der Waals surface area contributed by atoms with Gasteiger partial charge in [0.25, 0.3) is 0 Å². The Kier molecular flexibility index (Phi) is 5.18. The Morgan fingerprint density at radius 1 is 1.14 bits per heavy atom. The quantitative estimate of drug-likeness (QED) is 0.417. The van der Waals surface area contributed by atoms with Crippen molar-refractivity contribution in [2.45, 2.75) is 19.0 Å². The normalized spacial score (nSPS) is 14.7. The highest BCUT2D eigenvalue weighted by atomic mass is 19.4. The number of ether oxygens (including phenoxy) is 1. The van der Waals surface area contributed by atoms with Crippen LogP contribution in [0.1, 0.15) is 12.8 Å². The van der Waals surface area contributed by atoms with Crippen LogP contribution in [-0.2, 0) is 11.8 Å². The average Bonchev–Trinajstić information content (AvgIpc) is 3.56. The molecular formula is C23H18F4N6O2. The highest BCUT2D eigenvalue weighted by molar-refractivity contribution is 6.00. The van der Waals surface area contributed by atoms with Gasteiger partial charge in [-0.1, -0.05) is 0 Å². The molecule has 1 fully saturated rings. The number of pyridine rings is 1. The second kappa shape index (κ2) is 8.00. The summed E-state index contributed by atoms with van der Waals surface area (Å²) in [4.78, 5) is 25.5. The third kappa shape index (κ3) is 3.84. The van der Waals surface area contributed by atoms with E-state index in [1.54, 1.807) is 30.1 Å². The van der Waals surface area contributed by atoms with Crippen LogP contribution in [0.4, 0.5) is 23.4 Å². The number of aryl methyl sites for hydroxylation is 1. The van der Waals surface area contributed by atoms with Crippen molar-refractivity contribution in [2.24, 2.45) is 12.5 Å². The molecule has 180 valence electrons. The van der Waals surface area contributed by atoms with E-state index in [0.29, 0.717) is 28.0 Å². The second-order valence-electron chi connectivity index (χ2n) is 8.24. The first kappa shape index (κ1) is 22.7. The summed E-state index contributed by atoms with van der Waals surface area (Å²) in [5.74, 6) is -1.72. The van der Waals surface area contributed by atoms with Gasteiger partial charge in [-0.25, -0.2) is 19.3 Å². The van der Waals surface area contributed by atoms with E-state index < -0.39 is 23.3 Å². The molecule has 0 spiro atoms. The van der Waals surface area contributed by atoms with E-state index in [4.69, 9.17) is 4.74 Å². The molecule has 0 bridgehead atoms. The number of hydrogen-bond acceptors (Lipinski definition) is 6. The number of carbonyl (C=O) groups is 1. The van der Waals surface area contributed by atoms with Gasteiger partial charge in [0.2, 0.25) is 5.91 Å². The van der Waals surface area contributed by atoms with Crippen molar-refractivity contribution in [3.8, 4) is 28.3 Å². The number of alkyl halides is 3. The van der Waals surface area contributed by atoms with Crippen LogP contribution in [-0.4, -0.2) is 43.9 Å². The molecule has 0 saturated heterocycles. The number of carbonyl (C=O) groups excluding carboxylic acids is 1. The zero-order valence-electron chi connectivity index (χ0n) is 18.5. The molecule has 1 aromatic carbocycles. The summed E-state index contributed by atoms with van der Waals surface area (Å²) in [5, 5.41) is 6.74. The average molecular weight is 486 g/mol. The summed E-state index contributed by atoms with van der Waals surface area (Å²) < 4.78 is 60.6. The SMILES string of the molecule is COc1cc2ncnc(-c3cn(C)nc3-c3ccc(F)cc3)c2nc1NC(=O)C1(C(F)(F)F)CC1. The molecule has 1 saturated carbocycles. The zero-order chi connectivity index (χ0) is 25.0. The minimum Gasteiger partial charge on any atom is -0.493 e. The predicted molar refractivity (Wildman–Crippen MR) is 118 cm³/mol. The highest BCUT2D eigenvalue weighted by Gasteiger charge is 2.68. The van der Waals surface area contributed by atoms with Gasteiger partial charge in [-0.2, -0.15) is 18.3 Å². The maximum absolute atomic E-state index is 13.4. The lowest BCUT2D eigenvalue weighted by Gasteiger charge is -2.19. The molecule has 1 aliphatic carbocycles. The van der Waals surface area contributed by atoms with Crippen LogP contribution in [0.3, 0.4) is 0 Å². The molecule has 0 unspecified atom stereocenters. The molecule has 3 aromatic heterocycles. The molecule has 4 aromatic rings. The molecule has 0 aliphatic heterocycles. The lowest BCUT2D eigenvalue weighted by atomic mass is 10.0. The van der Waals surface area contributed by atoms with E-state index in [2.05, 4.69) is 25.4 Å². The number of rotatable bonds is 5. The monoisotopic (exact) mass is 486 g/mol. The molecule has 0 radical (unpaired) electrons. The van der Waals surface area contributed by atoms with Crippen LogP contribution < -0.4 is 10.1 Å². The number of hydrogen-bond donors (Lipinski definition) is 1. The van der Waals surface area contributed by atoms with Gasteiger partial charge >= 0.3 is 6.18 Å². The van der Waals surface area contributed by atoms with E-state index >= 15 is 0 Å². The van der Waals surface area contributed by atoms with Crippen molar-refractivity contribution < 1.29 is 27.1 Å². The lowest BCUT2D eigenvalue weighted by molar-refractivity contribution is -0.189. The number of nitrogens with zero attached hydrogens (tertiary/aromatic N) is 5. The van der Waals surface area contributed by atoms with Gasteiger partial charge < -0.3 is 10.1 Å². The van der Waals surface area contributed by atoms with E-state index in [0.717, 1.165) is 0 Å². The summed E-state index contributed by atoms with van der Waals surface area (Å²) in [7, 11) is 3.01. The van der Waals surface area contributed by atoms with Crippen molar-refractivity contribution >= 4 is 22.8 Å². The Balaban J connectivity index is 1.63. The van der Waals surface area contributed by atoms with Crippen LogP contribution in [0.2, 0.25) is 0 Å². The number of aromatic nitrogens is 5. The predicted octanol–water partition coefficient (Wildman–Crippen LogP) is 4.52. The number of amides is 1. The van der Waals surface area contributed by atoms with Crippen LogP contribution in [0, 0.1) is 11.2 Å². The maximum atomic E-state index is 13.4. The van der Waals surface area contributed by atoms with Gasteiger partial charge in [-0.15, -0.1) is 0 Å². The number of methoxy groups -OCH3 is 1. The van der Waals surface area contributed by atoms with Gasteiger partial charge in [-0.3, -0.25) is 9.48 Å². The maximum Gasteiger partial charge on any atom is 0.403 e. The largest absolute Gasteiger partial charge is 0.493 e. The van der Waals surface area contributed by atoms with E-state index in [1.165, 1.54) is 31.6 Å². The Bertz CT molecular complexity index is 1450. The van der Waals surface area contributed by atoms with Crippen molar-refractivity contribution in [3.05, 3.63) is 48.7 Å². The fourth-order valence-electron chi connectivity index (χ4n) is 3.88. The first-order valence-electron chi connectivity index (χ1n) is 10.5. The number of halogens is 4. The molecule has 1 aliphatic rings. The summed E-state index contributed by atoms with van der Waals surface area (Å²) in [6, 6.07) is 7.20. The summed E-state index contributed by atoms with van der Waals surface area (Å²) in [5.41, 5.74) is 0.117. The number of benzene rings is 1. The Morgan fingerprint density at radius 2 is 1.86 bits per heavy atom. The van der Waals surface area contributed by atoms with E-state index in [9.17, 15) is 22.4 Å². The van der Waals surface area contributed by atoms with E-state index in [1.807, 2.05) is 0 Å². The second-order valence-corrected chi connectivity index (χ2v) is 8.24. The molecule has 8 nitrogen and oxygen atoms in total. The molecule has 0 atom stereocenters. The third-order valence-electron chi connectivity index (χ3n) is 5.96. The van der Waals surface area contributed by atoms with Crippen molar-refractivity contribution in [2.75, 3.05) is 12.4 Å². The number of nitrogens with one attached hydrogen (secondary N) is 1. The summed E-state index contributed by atoms with van der Waals surface area (Å²) in [6.07, 6.45) is -2.25. The lowest BCUT2D eigenvalue weighted by Crippen LogP contribution is -2.37. The Hall–Kier alpha value is -4.09. The van der Waals surface area contributed by atoms with Crippen LogP contribution >= 0.6 is 0 Å². The smallest absolute Gasteiger partial charge is 0.403 e. The third-order valence-corrected chi connectivity index (χ3v) is 5.96. The Labute approximate surface area is 196 Å². The topological polar surface area (TPSA) is 94.8 Å². The first-order chi connectivity index (χ1) is 16.6. The molecule has 3 heterocycles. The van der Waals surface area contributed by atoms with Crippen molar-refractivity contribution in [3.63, 3.8) is 0 Å². The molecular weight excluding hydrogens is 468 g/mol.